The minimum Gasteiger partial charge on any atom is -0.468 e. The molecule has 0 bridgehead atoms. The lowest BCUT2D eigenvalue weighted by Gasteiger charge is -2.34. The molecule has 2 aliphatic rings. The van der Waals surface area contributed by atoms with Gasteiger partial charge in [0.1, 0.15) is 0 Å². The summed E-state index contributed by atoms with van der Waals surface area (Å²) in [6.07, 6.45) is 0.167. The lowest BCUT2D eigenvalue weighted by atomic mass is 9.71. The molecular formula is C17H18NO5+. The fourth-order valence-corrected chi connectivity index (χ4v) is 3.80. The number of nitrogens with zero attached hydrogens (tertiary/aromatic N) is 1. The van der Waals surface area contributed by atoms with Crippen LogP contribution in [0.15, 0.2) is 24.3 Å². The summed E-state index contributed by atoms with van der Waals surface area (Å²) >= 11 is 0. The second-order valence-electron chi connectivity index (χ2n) is 5.82. The molecule has 1 aromatic carbocycles. The molecule has 2 heterocycles. The van der Waals surface area contributed by atoms with E-state index >= 15 is 0 Å². The van der Waals surface area contributed by atoms with Gasteiger partial charge in [-0.2, -0.15) is 4.58 Å². The van der Waals surface area contributed by atoms with Crippen LogP contribution >= 0.6 is 0 Å². The third-order valence-corrected chi connectivity index (χ3v) is 4.82. The van der Waals surface area contributed by atoms with Crippen LogP contribution in [0, 0.1) is 5.41 Å². The van der Waals surface area contributed by atoms with Crippen LogP contribution in [0.1, 0.15) is 19.8 Å². The van der Waals surface area contributed by atoms with Crippen molar-refractivity contribution in [3.63, 3.8) is 0 Å². The Morgan fingerprint density at radius 1 is 1.17 bits per heavy atom. The molecule has 6 heteroatoms. The van der Waals surface area contributed by atoms with Crippen molar-refractivity contribution < 1.29 is 23.9 Å². The van der Waals surface area contributed by atoms with Gasteiger partial charge in [-0.05, 0) is 19.4 Å². The Bertz CT molecular complexity index is 823. The lowest BCUT2D eigenvalue weighted by Crippen LogP contribution is -2.61. The van der Waals surface area contributed by atoms with Crippen molar-refractivity contribution in [2.75, 3.05) is 14.2 Å². The number of piperidine rings is 1. The van der Waals surface area contributed by atoms with Gasteiger partial charge in [-0.25, -0.2) is 4.79 Å². The maximum atomic E-state index is 12.6. The van der Waals surface area contributed by atoms with Crippen LogP contribution in [0.3, 0.4) is 0 Å². The quantitative estimate of drug-likeness (QED) is 0.413. The molecule has 0 N–H and O–H groups in total. The molecule has 0 aromatic heterocycles. The van der Waals surface area contributed by atoms with Crippen molar-refractivity contribution in [3.05, 3.63) is 34.8 Å². The summed E-state index contributed by atoms with van der Waals surface area (Å²) in [5, 5.41) is 1.59. The van der Waals surface area contributed by atoms with Crippen molar-refractivity contribution >= 4 is 23.4 Å². The predicted molar refractivity (Wildman–Crippen MR) is 80.5 cm³/mol. The Labute approximate surface area is 133 Å². The van der Waals surface area contributed by atoms with Gasteiger partial charge >= 0.3 is 17.8 Å². The standard InChI is InChI=1S/C17H18NO5/c1-10-11-6-4-5-7-12(11)18-13(19)8-9-17(14(10)18,15(20)22-2)16(21)23-3/h4-7,14H,8-9H2,1-3H3/q+1. The number of esters is 2. The zero-order valence-electron chi connectivity index (χ0n) is 13.3. The number of carbonyl (C=O) groups is 3. The van der Waals surface area contributed by atoms with Crippen LogP contribution in [0.4, 0.5) is 0 Å². The molecular weight excluding hydrogens is 298 g/mol. The molecule has 1 atom stereocenters. The largest absolute Gasteiger partial charge is 0.468 e. The Balaban J connectivity index is 2.36. The first kappa shape index (κ1) is 15.4. The molecule has 120 valence electrons. The molecule has 0 spiro atoms. The van der Waals surface area contributed by atoms with E-state index in [0.717, 1.165) is 16.1 Å². The van der Waals surface area contributed by atoms with Crippen molar-refractivity contribution in [1.29, 1.82) is 0 Å². The number of fused-ring (bicyclic) bond motifs is 2. The lowest BCUT2D eigenvalue weighted by molar-refractivity contribution is -0.173. The van der Waals surface area contributed by atoms with E-state index in [1.165, 1.54) is 14.2 Å². The Hall–Kier alpha value is -2.50. The highest BCUT2D eigenvalue weighted by Gasteiger charge is 2.66. The zero-order valence-corrected chi connectivity index (χ0v) is 13.3. The van der Waals surface area contributed by atoms with Crippen molar-refractivity contribution in [2.45, 2.75) is 25.8 Å². The highest BCUT2D eigenvalue weighted by atomic mass is 16.5. The van der Waals surface area contributed by atoms with Crippen LogP contribution < -0.4 is 15.2 Å². The second-order valence-corrected chi connectivity index (χ2v) is 5.82. The summed E-state index contributed by atoms with van der Waals surface area (Å²) in [7, 11) is 2.48. The fourth-order valence-electron chi connectivity index (χ4n) is 3.80. The summed E-state index contributed by atoms with van der Waals surface area (Å²) in [5.41, 5.74) is -0.731. The van der Waals surface area contributed by atoms with Crippen LogP contribution in [-0.4, -0.2) is 38.1 Å². The highest BCUT2D eigenvalue weighted by molar-refractivity contribution is 6.05. The average Bonchev–Trinajstić information content (AvgIpc) is 2.89. The molecule has 6 nitrogen and oxygen atoms in total. The number of hydrogen-bond acceptors (Lipinski definition) is 5. The van der Waals surface area contributed by atoms with Gasteiger partial charge < -0.3 is 9.47 Å². The number of carbonyl (C=O) groups excluding carboxylic acids is 3. The molecule has 1 aromatic rings. The number of amides is 1. The van der Waals surface area contributed by atoms with E-state index in [4.69, 9.17) is 9.47 Å². The number of benzene rings is 1. The minimum atomic E-state index is -1.53. The number of methoxy groups -OCH3 is 2. The van der Waals surface area contributed by atoms with Crippen molar-refractivity contribution in [3.8, 4) is 0 Å². The molecule has 1 amide bonds. The van der Waals surface area contributed by atoms with Gasteiger partial charge in [-0.3, -0.25) is 9.59 Å². The van der Waals surface area contributed by atoms with E-state index < -0.39 is 23.4 Å². The van der Waals surface area contributed by atoms with Gasteiger partial charge in [0.15, 0.2) is 0 Å². The van der Waals surface area contributed by atoms with E-state index in [1.807, 2.05) is 31.2 Å². The predicted octanol–water partition coefficient (Wildman–Crippen LogP) is -0.617. The first-order valence-corrected chi connectivity index (χ1v) is 7.40. The van der Waals surface area contributed by atoms with E-state index in [1.54, 1.807) is 4.58 Å². The summed E-state index contributed by atoms with van der Waals surface area (Å²) in [5.74, 6) is -1.44. The summed E-state index contributed by atoms with van der Waals surface area (Å²) in [4.78, 5) is 37.6. The first-order chi connectivity index (χ1) is 11.0. The first-order valence-electron chi connectivity index (χ1n) is 7.40. The maximum absolute atomic E-state index is 12.6. The van der Waals surface area contributed by atoms with Gasteiger partial charge in [0.25, 0.3) is 0 Å². The topological polar surface area (TPSA) is 72.7 Å². The molecule has 0 aliphatic carbocycles. The Morgan fingerprint density at radius 3 is 2.39 bits per heavy atom. The monoisotopic (exact) mass is 316 g/mol. The number of rotatable bonds is 2. The maximum Gasteiger partial charge on any atom is 0.388 e. The molecule has 1 fully saturated rings. The molecule has 0 radical (unpaired) electrons. The van der Waals surface area contributed by atoms with Gasteiger partial charge in [0.2, 0.25) is 16.8 Å². The smallest absolute Gasteiger partial charge is 0.388 e. The van der Waals surface area contributed by atoms with Gasteiger partial charge in [-0.1, -0.05) is 12.1 Å². The average molecular weight is 316 g/mol. The minimum absolute atomic E-state index is 0.0810. The van der Waals surface area contributed by atoms with Crippen LogP contribution in [-0.2, 0) is 23.9 Å². The normalized spacial score (nSPS) is 21.5. The number of ether oxygens (including phenoxy) is 2. The van der Waals surface area contributed by atoms with E-state index in [2.05, 4.69) is 0 Å². The fraction of sp³-hybridized carbons (Fsp3) is 0.412. The van der Waals surface area contributed by atoms with Crippen LogP contribution in [0.25, 0.3) is 5.57 Å². The highest BCUT2D eigenvalue weighted by Crippen LogP contribution is 2.40. The molecule has 2 aliphatic heterocycles. The van der Waals surface area contributed by atoms with Crippen LogP contribution in [0.2, 0.25) is 0 Å². The molecule has 0 saturated carbocycles. The summed E-state index contributed by atoms with van der Waals surface area (Å²) < 4.78 is 11.4. The molecule has 1 unspecified atom stereocenters. The Morgan fingerprint density at radius 2 is 1.78 bits per heavy atom. The third kappa shape index (κ3) is 1.87. The van der Waals surface area contributed by atoms with E-state index in [9.17, 15) is 14.4 Å². The Kier molecular flexibility index (Phi) is 3.55. The van der Waals surface area contributed by atoms with Crippen molar-refractivity contribution in [1.82, 2.24) is 4.58 Å². The molecule has 23 heavy (non-hydrogen) atoms. The van der Waals surface area contributed by atoms with E-state index in [-0.39, 0.29) is 18.7 Å². The number of para-hydroxylation sites is 1. The van der Waals surface area contributed by atoms with Gasteiger partial charge in [-0.15, -0.1) is 0 Å². The van der Waals surface area contributed by atoms with Crippen molar-refractivity contribution in [2.24, 2.45) is 5.41 Å². The number of hydrogen-bond donors (Lipinski definition) is 0. The van der Waals surface area contributed by atoms with E-state index in [0.29, 0.717) is 0 Å². The van der Waals surface area contributed by atoms with Crippen LogP contribution in [0.5, 0.6) is 0 Å². The van der Waals surface area contributed by atoms with Gasteiger partial charge in [0, 0.05) is 11.6 Å². The molecule has 1 saturated heterocycles. The van der Waals surface area contributed by atoms with Gasteiger partial charge in [0.05, 0.1) is 25.9 Å². The SMILES string of the molecule is COC(=O)C1(C(=O)OC)CCC(=O)[N+]2=c3ccccc3=C(C)C21. The second kappa shape index (κ2) is 5.30. The summed E-state index contributed by atoms with van der Waals surface area (Å²) in [6, 6.07) is 6.69. The summed E-state index contributed by atoms with van der Waals surface area (Å²) in [6.45, 7) is 1.84. The zero-order chi connectivity index (χ0) is 16.8. The third-order valence-electron chi connectivity index (χ3n) is 4.82. The molecule has 3 rings (SSSR count).